The molecule has 0 spiro atoms. The standard InChI is InChI=1S/C12H21N3OS/c1-8(2)11-10(6-13)17-12(14-11)15(3)9-4-5-16-7-9/h8-9H,4-7,13H2,1-3H3. The van der Waals surface area contributed by atoms with E-state index in [4.69, 9.17) is 15.5 Å². The third kappa shape index (κ3) is 2.61. The third-order valence-electron chi connectivity index (χ3n) is 3.20. The molecule has 0 aromatic carbocycles. The molecule has 1 unspecified atom stereocenters. The molecule has 1 aromatic heterocycles. The first-order valence-corrected chi connectivity index (χ1v) is 6.95. The van der Waals surface area contributed by atoms with Gasteiger partial charge in [-0.3, -0.25) is 0 Å². The zero-order valence-electron chi connectivity index (χ0n) is 10.8. The Morgan fingerprint density at radius 3 is 2.82 bits per heavy atom. The van der Waals surface area contributed by atoms with Crippen LogP contribution < -0.4 is 10.6 Å². The fraction of sp³-hybridized carbons (Fsp3) is 0.750. The van der Waals surface area contributed by atoms with Gasteiger partial charge in [0.15, 0.2) is 5.13 Å². The summed E-state index contributed by atoms with van der Waals surface area (Å²) >= 11 is 1.72. The van der Waals surface area contributed by atoms with Gasteiger partial charge in [-0.15, -0.1) is 11.3 Å². The maximum Gasteiger partial charge on any atom is 0.185 e. The van der Waals surface area contributed by atoms with Gasteiger partial charge in [-0.2, -0.15) is 0 Å². The van der Waals surface area contributed by atoms with Gasteiger partial charge in [-0.05, 0) is 12.3 Å². The van der Waals surface area contributed by atoms with E-state index in [2.05, 4.69) is 25.8 Å². The summed E-state index contributed by atoms with van der Waals surface area (Å²) in [6, 6.07) is 0.465. The Kier molecular flexibility index (Phi) is 4.01. The van der Waals surface area contributed by atoms with E-state index in [0.29, 0.717) is 18.5 Å². The number of nitrogens with two attached hydrogens (primary N) is 1. The minimum atomic E-state index is 0.437. The number of nitrogens with zero attached hydrogens (tertiary/aromatic N) is 2. The Morgan fingerprint density at radius 1 is 1.59 bits per heavy atom. The first-order chi connectivity index (χ1) is 8.13. The lowest BCUT2D eigenvalue weighted by Gasteiger charge is -2.22. The lowest BCUT2D eigenvalue weighted by Crippen LogP contribution is -2.31. The van der Waals surface area contributed by atoms with Crippen LogP contribution in [0.15, 0.2) is 0 Å². The molecule has 17 heavy (non-hydrogen) atoms. The van der Waals surface area contributed by atoms with Gasteiger partial charge in [0.1, 0.15) is 0 Å². The largest absolute Gasteiger partial charge is 0.379 e. The molecule has 1 aromatic rings. The average Bonchev–Trinajstić information content (AvgIpc) is 2.97. The van der Waals surface area contributed by atoms with Crippen LogP contribution in [0.1, 0.15) is 36.8 Å². The molecular formula is C12H21N3OS. The topological polar surface area (TPSA) is 51.4 Å². The lowest BCUT2D eigenvalue weighted by atomic mass is 10.1. The summed E-state index contributed by atoms with van der Waals surface area (Å²) in [7, 11) is 2.10. The zero-order chi connectivity index (χ0) is 12.4. The second kappa shape index (κ2) is 5.33. The number of anilines is 1. The van der Waals surface area contributed by atoms with Crippen LogP contribution >= 0.6 is 11.3 Å². The highest BCUT2D eigenvalue weighted by atomic mass is 32.1. The van der Waals surface area contributed by atoms with Crippen molar-refractivity contribution in [3.63, 3.8) is 0 Å². The van der Waals surface area contributed by atoms with E-state index in [1.807, 2.05) is 0 Å². The van der Waals surface area contributed by atoms with Crippen LogP contribution in [-0.2, 0) is 11.3 Å². The molecule has 1 atom stereocenters. The molecule has 0 amide bonds. The Morgan fingerprint density at radius 2 is 2.35 bits per heavy atom. The molecule has 96 valence electrons. The molecule has 0 bridgehead atoms. The molecule has 2 rings (SSSR count). The molecule has 1 fully saturated rings. The van der Waals surface area contributed by atoms with E-state index in [9.17, 15) is 0 Å². The van der Waals surface area contributed by atoms with Crippen molar-refractivity contribution in [3.8, 4) is 0 Å². The molecule has 0 saturated carbocycles. The van der Waals surface area contributed by atoms with E-state index in [0.717, 1.165) is 30.5 Å². The molecule has 0 aliphatic carbocycles. The molecule has 4 nitrogen and oxygen atoms in total. The van der Waals surface area contributed by atoms with Crippen molar-refractivity contribution in [1.82, 2.24) is 4.98 Å². The summed E-state index contributed by atoms with van der Waals surface area (Å²) in [4.78, 5) is 8.18. The van der Waals surface area contributed by atoms with E-state index in [1.54, 1.807) is 11.3 Å². The van der Waals surface area contributed by atoms with Crippen LogP contribution in [0.5, 0.6) is 0 Å². The maximum absolute atomic E-state index is 5.78. The number of aromatic nitrogens is 1. The van der Waals surface area contributed by atoms with E-state index < -0.39 is 0 Å². The Bertz CT molecular complexity index is 372. The predicted molar refractivity (Wildman–Crippen MR) is 71.7 cm³/mol. The van der Waals surface area contributed by atoms with Crippen LogP contribution in [0.25, 0.3) is 0 Å². The molecule has 2 N–H and O–H groups in total. The first kappa shape index (κ1) is 12.8. The lowest BCUT2D eigenvalue weighted by molar-refractivity contribution is 0.193. The third-order valence-corrected chi connectivity index (χ3v) is 4.39. The smallest absolute Gasteiger partial charge is 0.185 e. The van der Waals surface area contributed by atoms with Crippen molar-refractivity contribution < 1.29 is 4.74 Å². The van der Waals surface area contributed by atoms with Crippen molar-refractivity contribution >= 4 is 16.5 Å². The Balaban J connectivity index is 2.20. The SMILES string of the molecule is CC(C)c1nc(N(C)C2CCOC2)sc1CN. The highest BCUT2D eigenvalue weighted by Crippen LogP contribution is 2.31. The minimum Gasteiger partial charge on any atom is -0.379 e. The first-order valence-electron chi connectivity index (χ1n) is 6.13. The van der Waals surface area contributed by atoms with E-state index in [-0.39, 0.29) is 0 Å². The number of thiazole rings is 1. The van der Waals surface area contributed by atoms with Crippen molar-refractivity contribution in [2.24, 2.45) is 5.73 Å². The van der Waals surface area contributed by atoms with Gasteiger partial charge in [0, 0.05) is 25.1 Å². The van der Waals surface area contributed by atoms with Gasteiger partial charge in [0.2, 0.25) is 0 Å². The molecule has 1 saturated heterocycles. The van der Waals surface area contributed by atoms with Crippen LogP contribution in [0.3, 0.4) is 0 Å². The number of hydrogen-bond acceptors (Lipinski definition) is 5. The number of likely N-dealkylation sites (N-methyl/N-ethyl adjacent to an activating group) is 1. The summed E-state index contributed by atoms with van der Waals surface area (Å²) in [5.41, 5.74) is 6.93. The van der Waals surface area contributed by atoms with Crippen molar-refractivity contribution in [2.75, 3.05) is 25.2 Å². The summed E-state index contributed by atoms with van der Waals surface area (Å²) in [6.45, 7) is 6.58. The second-order valence-corrected chi connectivity index (χ2v) is 5.85. The van der Waals surface area contributed by atoms with E-state index >= 15 is 0 Å². The number of rotatable bonds is 4. The fourth-order valence-electron chi connectivity index (χ4n) is 2.08. The Hall–Kier alpha value is -0.650. The summed E-state index contributed by atoms with van der Waals surface area (Å²) in [5, 5.41) is 1.07. The van der Waals surface area contributed by atoms with Crippen molar-refractivity contribution in [2.45, 2.75) is 38.8 Å². The molecule has 1 aliphatic rings. The van der Waals surface area contributed by atoms with Gasteiger partial charge < -0.3 is 15.4 Å². The maximum atomic E-state index is 5.78. The predicted octanol–water partition coefficient (Wildman–Crippen LogP) is 1.95. The average molecular weight is 255 g/mol. The normalized spacial score (nSPS) is 20.2. The quantitative estimate of drug-likeness (QED) is 0.893. The molecule has 5 heteroatoms. The van der Waals surface area contributed by atoms with E-state index in [1.165, 1.54) is 4.88 Å². The van der Waals surface area contributed by atoms with Crippen molar-refractivity contribution in [3.05, 3.63) is 10.6 Å². The zero-order valence-corrected chi connectivity index (χ0v) is 11.6. The van der Waals surface area contributed by atoms with Gasteiger partial charge in [0.05, 0.1) is 18.3 Å². The monoisotopic (exact) mass is 255 g/mol. The highest BCUT2D eigenvalue weighted by molar-refractivity contribution is 7.15. The van der Waals surface area contributed by atoms with Crippen LogP contribution in [0.2, 0.25) is 0 Å². The van der Waals surface area contributed by atoms with Crippen LogP contribution in [0.4, 0.5) is 5.13 Å². The van der Waals surface area contributed by atoms with Crippen LogP contribution in [-0.4, -0.2) is 31.3 Å². The summed E-state index contributed by atoms with van der Waals surface area (Å²) in [6.07, 6.45) is 1.09. The van der Waals surface area contributed by atoms with Gasteiger partial charge in [0.25, 0.3) is 0 Å². The molecule has 1 aliphatic heterocycles. The molecular weight excluding hydrogens is 234 g/mol. The number of ether oxygens (including phenoxy) is 1. The van der Waals surface area contributed by atoms with Gasteiger partial charge >= 0.3 is 0 Å². The van der Waals surface area contributed by atoms with Gasteiger partial charge in [-0.1, -0.05) is 13.8 Å². The molecule has 0 radical (unpaired) electrons. The summed E-state index contributed by atoms with van der Waals surface area (Å²) in [5.74, 6) is 0.437. The van der Waals surface area contributed by atoms with Crippen molar-refractivity contribution in [1.29, 1.82) is 0 Å². The highest BCUT2D eigenvalue weighted by Gasteiger charge is 2.24. The van der Waals surface area contributed by atoms with Crippen LogP contribution in [0, 0.1) is 0 Å². The van der Waals surface area contributed by atoms with Gasteiger partial charge in [-0.25, -0.2) is 4.98 Å². The second-order valence-electron chi connectivity index (χ2n) is 4.79. The minimum absolute atomic E-state index is 0.437. The Labute approximate surface area is 107 Å². The fourth-order valence-corrected chi connectivity index (χ4v) is 3.21. The molecule has 2 heterocycles. The summed E-state index contributed by atoms with van der Waals surface area (Å²) < 4.78 is 5.42. The number of hydrogen-bond donors (Lipinski definition) is 1.